The van der Waals surface area contributed by atoms with Crippen LogP contribution >= 0.6 is 34.8 Å². The van der Waals surface area contributed by atoms with Gasteiger partial charge >= 0.3 is 5.97 Å². The van der Waals surface area contributed by atoms with Crippen LogP contribution in [0, 0.1) is 5.92 Å². The van der Waals surface area contributed by atoms with Crippen molar-refractivity contribution in [2.24, 2.45) is 5.92 Å². The second kappa shape index (κ2) is 3.63. The van der Waals surface area contributed by atoms with Crippen molar-refractivity contribution in [2.45, 2.75) is 34.6 Å². The third kappa shape index (κ3) is 1.89. The first-order chi connectivity index (χ1) is 7.88. The lowest BCUT2D eigenvalue weighted by atomic mass is 9.99. The fourth-order valence-corrected chi connectivity index (χ4v) is 2.76. The minimum absolute atomic E-state index is 0.0810. The van der Waals surface area contributed by atoms with Gasteiger partial charge in [0.25, 0.3) is 9.70 Å². The molecule has 8 heteroatoms. The number of rotatable bonds is 1. The summed E-state index contributed by atoms with van der Waals surface area (Å²) in [6, 6.07) is -0.320. The van der Waals surface area contributed by atoms with E-state index in [9.17, 15) is 9.59 Å². The number of fused-ring (bicyclic) bond motifs is 3. The Hall–Kier alpha value is -0.230. The number of halogens is 3. The third-order valence-electron chi connectivity index (χ3n) is 3.35. The Morgan fingerprint density at radius 1 is 1.29 bits per heavy atom. The van der Waals surface area contributed by atoms with Crippen LogP contribution in [0.1, 0.15) is 6.42 Å². The molecule has 17 heavy (non-hydrogen) atoms. The van der Waals surface area contributed by atoms with Crippen LogP contribution in [0.15, 0.2) is 0 Å². The average Bonchev–Trinajstić information content (AvgIpc) is 2.82. The quantitative estimate of drug-likeness (QED) is 0.436. The van der Waals surface area contributed by atoms with E-state index in [-0.39, 0.29) is 42.7 Å². The molecule has 1 N–H and O–H groups in total. The summed E-state index contributed by atoms with van der Waals surface area (Å²) >= 11 is 16.4. The molecule has 0 aromatic rings. The maximum Gasteiger partial charge on any atom is 0.306 e. The molecule has 0 bridgehead atoms. The van der Waals surface area contributed by atoms with Gasteiger partial charge in [-0.3, -0.25) is 9.59 Å². The van der Waals surface area contributed by atoms with Crippen molar-refractivity contribution in [2.75, 3.05) is 0 Å². The first kappa shape index (κ1) is 11.8. The monoisotopic (exact) mass is 299 g/mol. The lowest BCUT2D eigenvalue weighted by Gasteiger charge is -2.22. The van der Waals surface area contributed by atoms with Crippen LogP contribution < -0.4 is 5.32 Å². The largest absolute Gasteiger partial charge is 0.459 e. The van der Waals surface area contributed by atoms with Gasteiger partial charge in [0.1, 0.15) is 18.3 Å². The van der Waals surface area contributed by atoms with E-state index in [1.54, 1.807) is 0 Å². The van der Waals surface area contributed by atoms with Crippen molar-refractivity contribution in [3.63, 3.8) is 0 Å². The van der Waals surface area contributed by atoms with Gasteiger partial charge in [-0.25, -0.2) is 0 Å². The molecular formula is C9H8Cl3NO4. The minimum Gasteiger partial charge on any atom is -0.459 e. The zero-order valence-corrected chi connectivity index (χ0v) is 10.6. The van der Waals surface area contributed by atoms with Crippen molar-refractivity contribution in [1.82, 2.24) is 5.32 Å². The van der Waals surface area contributed by atoms with Crippen LogP contribution in [0.5, 0.6) is 0 Å². The van der Waals surface area contributed by atoms with Crippen molar-refractivity contribution < 1.29 is 19.1 Å². The number of esters is 1. The summed E-state index contributed by atoms with van der Waals surface area (Å²) in [6.45, 7) is 0. The lowest BCUT2D eigenvalue weighted by Crippen LogP contribution is -2.47. The molecule has 5 atom stereocenters. The van der Waals surface area contributed by atoms with Gasteiger partial charge in [0, 0.05) is 5.92 Å². The van der Waals surface area contributed by atoms with E-state index >= 15 is 0 Å². The molecule has 0 unspecified atom stereocenters. The number of nitrogens with one attached hydrogen (secondary N) is 1. The van der Waals surface area contributed by atoms with E-state index in [2.05, 4.69) is 5.32 Å². The molecule has 2 heterocycles. The standard InChI is InChI=1S/C9H8Cl3NO4/c10-9(11,12)8(15)13-4-2-1-3(14)16-5(2)7-6(4)17-7/h2,4-7H,1H2,(H,13,15)/t2-,4-,5-,6-,7+/m0/s1. The molecule has 0 aromatic heterocycles. The van der Waals surface area contributed by atoms with Gasteiger partial charge in [0.2, 0.25) is 0 Å². The summed E-state index contributed by atoms with van der Waals surface area (Å²) in [7, 11) is 0. The van der Waals surface area contributed by atoms with Crippen LogP contribution in [0.4, 0.5) is 0 Å². The van der Waals surface area contributed by atoms with Gasteiger partial charge in [0.15, 0.2) is 0 Å². The Morgan fingerprint density at radius 2 is 2.00 bits per heavy atom. The molecule has 2 saturated heterocycles. The minimum atomic E-state index is -2.01. The summed E-state index contributed by atoms with van der Waals surface area (Å²) in [6.07, 6.45) is -0.249. The lowest BCUT2D eigenvalue weighted by molar-refractivity contribution is -0.142. The van der Waals surface area contributed by atoms with Crippen LogP contribution in [-0.2, 0) is 19.1 Å². The first-order valence-corrected chi connectivity index (χ1v) is 6.24. The molecule has 2 aliphatic heterocycles. The van der Waals surface area contributed by atoms with E-state index in [1.165, 1.54) is 0 Å². The molecular weight excluding hydrogens is 292 g/mol. The highest BCUT2D eigenvalue weighted by atomic mass is 35.6. The molecule has 5 nitrogen and oxygen atoms in total. The van der Waals surface area contributed by atoms with Gasteiger partial charge in [0.05, 0.1) is 12.5 Å². The molecule has 1 saturated carbocycles. The van der Waals surface area contributed by atoms with E-state index < -0.39 is 9.70 Å². The fraction of sp³-hybridized carbons (Fsp3) is 0.778. The van der Waals surface area contributed by atoms with Crippen LogP contribution in [0.25, 0.3) is 0 Å². The molecule has 3 aliphatic rings. The fourth-order valence-electron chi connectivity index (χ4n) is 2.59. The van der Waals surface area contributed by atoms with E-state index in [1.807, 2.05) is 0 Å². The van der Waals surface area contributed by atoms with Crippen molar-refractivity contribution in [3.8, 4) is 0 Å². The average molecular weight is 301 g/mol. The predicted molar refractivity (Wildman–Crippen MR) is 58.9 cm³/mol. The Kier molecular flexibility index (Phi) is 2.53. The molecule has 1 amide bonds. The second-order valence-electron chi connectivity index (χ2n) is 4.38. The van der Waals surface area contributed by atoms with Gasteiger partial charge in [-0.2, -0.15) is 0 Å². The summed E-state index contributed by atoms with van der Waals surface area (Å²) in [4.78, 5) is 22.7. The van der Waals surface area contributed by atoms with Crippen LogP contribution in [0.3, 0.4) is 0 Å². The highest BCUT2D eigenvalue weighted by Gasteiger charge is 2.67. The summed E-state index contributed by atoms with van der Waals surface area (Å²) in [5.74, 6) is -1.06. The number of hydrogen-bond donors (Lipinski definition) is 1. The number of carbonyl (C=O) groups is 2. The number of alkyl halides is 3. The van der Waals surface area contributed by atoms with Crippen LogP contribution in [-0.4, -0.2) is 40.0 Å². The van der Waals surface area contributed by atoms with E-state index in [4.69, 9.17) is 44.3 Å². The van der Waals surface area contributed by atoms with Gasteiger partial charge in [-0.15, -0.1) is 0 Å². The molecule has 0 spiro atoms. The number of epoxide rings is 1. The first-order valence-electron chi connectivity index (χ1n) is 5.10. The van der Waals surface area contributed by atoms with E-state index in [0.717, 1.165) is 0 Å². The van der Waals surface area contributed by atoms with E-state index in [0.29, 0.717) is 0 Å². The molecule has 1 aliphatic carbocycles. The maximum absolute atomic E-state index is 11.6. The molecule has 0 aromatic carbocycles. The SMILES string of the molecule is O=C1C[C@H]2[C@H](NC(=O)C(Cl)(Cl)Cl)[C@@H]3O[C@@H]3[C@H]2O1. The zero-order chi connectivity index (χ0) is 12.4. The zero-order valence-electron chi connectivity index (χ0n) is 8.36. The Morgan fingerprint density at radius 3 is 2.65 bits per heavy atom. The molecule has 3 rings (SSSR count). The second-order valence-corrected chi connectivity index (χ2v) is 6.67. The summed E-state index contributed by atoms with van der Waals surface area (Å²) in [5.41, 5.74) is 0. The third-order valence-corrected chi connectivity index (χ3v) is 3.86. The highest BCUT2D eigenvalue weighted by molar-refractivity contribution is 6.76. The van der Waals surface area contributed by atoms with Gasteiger partial charge in [-0.05, 0) is 0 Å². The number of amides is 1. The number of ether oxygens (including phenoxy) is 2. The molecule has 94 valence electrons. The summed E-state index contributed by atoms with van der Waals surface area (Å²) < 4.78 is 8.43. The Bertz CT molecular complexity index is 396. The van der Waals surface area contributed by atoms with Gasteiger partial charge < -0.3 is 14.8 Å². The van der Waals surface area contributed by atoms with Crippen LogP contribution in [0.2, 0.25) is 0 Å². The van der Waals surface area contributed by atoms with Crippen molar-refractivity contribution in [1.29, 1.82) is 0 Å². The van der Waals surface area contributed by atoms with Crippen molar-refractivity contribution in [3.05, 3.63) is 0 Å². The Labute approximate surface area is 112 Å². The van der Waals surface area contributed by atoms with Crippen molar-refractivity contribution >= 4 is 46.7 Å². The molecule has 0 radical (unpaired) electrons. The predicted octanol–water partition coefficient (Wildman–Crippen LogP) is 0.554. The topological polar surface area (TPSA) is 67.9 Å². The highest BCUT2D eigenvalue weighted by Crippen LogP contribution is 2.49. The number of hydrogen-bond acceptors (Lipinski definition) is 4. The normalized spacial score (nSPS) is 42.8. The smallest absolute Gasteiger partial charge is 0.306 e. The maximum atomic E-state index is 11.6. The molecule has 3 fully saturated rings. The Balaban J connectivity index is 1.72. The summed E-state index contributed by atoms with van der Waals surface area (Å²) in [5, 5.41) is 2.61. The van der Waals surface area contributed by atoms with Gasteiger partial charge in [-0.1, -0.05) is 34.8 Å². The number of carbonyl (C=O) groups excluding carboxylic acids is 2.